The maximum atomic E-state index is 13.4. The fourth-order valence-corrected chi connectivity index (χ4v) is 5.40. The van der Waals surface area contributed by atoms with Crippen LogP contribution in [0.2, 0.25) is 0 Å². The van der Waals surface area contributed by atoms with Crippen LogP contribution in [0.25, 0.3) is 5.57 Å². The van der Waals surface area contributed by atoms with Crippen LogP contribution in [0.3, 0.4) is 0 Å². The molecule has 3 aliphatic rings. The molecule has 2 aromatic rings. The number of allylic oxidation sites excluding steroid dienone is 4. The van der Waals surface area contributed by atoms with Gasteiger partial charge in [-0.2, -0.15) is 0 Å². The van der Waals surface area contributed by atoms with Crippen LogP contribution < -0.4 is 4.90 Å². The number of fused-ring (bicyclic) bond motifs is 5. The molecule has 5 heteroatoms. The third-order valence-corrected chi connectivity index (χ3v) is 6.76. The van der Waals surface area contributed by atoms with Gasteiger partial charge in [-0.25, -0.2) is 9.69 Å². The zero-order valence-electron chi connectivity index (χ0n) is 18.3. The van der Waals surface area contributed by atoms with Crippen LogP contribution in [0.4, 0.5) is 5.69 Å². The number of benzene rings is 2. The molecule has 5 rings (SSSR count). The van der Waals surface area contributed by atoms with Gasteiger partial charge in [-0.15, -0.1) is 0 Å². The second-order valence-electron chi connectivity index (χ2n) is 8.95. The number of carbonyl (C=O) groups is 3. The van der Waals surface area contributed by atoms with Crippen molar-refractivity contribution in [3.63, 3.8) is 0 Å². The van der Waals surface area contributed by atoms with Crippen LogP contribution in [0.1, 0.15) is 36.7 Å². The van der Waals surface area contributed by atoms with Gasteiger partial charge >= 0.3 is 5.97 Å². The molecule has 1 heterocycles. The Morgan fingerprint density at radius 2 is 1.41 bits per heavy atom. The number of hydrogen-bond donors (Lipinski definition) is 0. The molecule has 32 heavy (non-hydrogen) atoms. The molecule has 0 aromatic heterocycles. The van der Waals surface area contributed by atoms with E-state index < -0.39 is 5.97 Å². The summed E-state index contributed by atoms with van der Waals surface area (Å²) in [6.07, 6.45) is 3.97. The molecule has 1 aliphatic heterocycles. The Morgan fingerprint density at radius 1 is 0.844 bits per heavy atom. The smallest absolute Gasteiger partial charge is 0.338 e. The second-order valence-corrected chi connectivity index (χ2v) is 8.95. The van der Waals surface area contributed by atoms with E-state index in [1.807, 2.05) is 18.2 Å². The van der Waals surface area contributed by atoms with E-state index in [1.54, 1.807) is 38.1 Å². The topological polar surface area (TPSA) is 63.7 Å². The van der Waals surface area contributed by atoms with Gasteiger partial charge in [-0.1, -0.05) is 48.1 Å². The minimum Gasteiger partial charge on any atom is -0.459 e. The van der Waals surface area contributed by atoms with E-state index in [0.717, 1.165) is 11.1 Å². The molecule has 0 N–H and O–H groups in total. The molecule has 0 radical (unpaired) electrons. The van der Waals surface area contributed by atoms with Gasteiger partial charge in [-0.05, 0) is 56.2 Å². The lowest BCUT2D eigenvalue weighted by Gasteiger charge is -2.20. The van der Waals surface area contributed by atoms with Crippen LogP contribution in [0.15, 0.2) is 72.3 Å². The SMILES string of the molecule is CC(=C1[C@H]2C=C[C@H]1[C@H]1C(=O)N(c3ccc(C(=O)OC(C)C)cc3)C(=O)[C@H]12)c1ccccc1. The lowest BCUT2D eigenvalue weighted by atomic mass is 9.85. The van der Waals surface area contributed by atoms with Gasteiger partial charge in [0.1, 0.15) is 0 Å². The molecule has 2 bridgehead atoms. The maximum Gasteiger partial charge on any atom is 0.338 e. The molecular formula is C27H25NO4. The molecule has 4 atom stereocenters. The average molecular weight is 428 g/mol. The Labute approximate surface area is 187 Å². The molecule has 5 nitrogen and oxygen atoms in total. The molecule has 0 unspecified atom stereocenters. The van der Waals surface area contributed by atoms with Crippen LogP contribution in [-0.2, 0) is 14.3 Å². The Bertz CT molecular complexity index is 1130. The van der Waals surface area contributed by atoms with Crippen molar-refractivity contribution < 1.29 is 19.1 Å². The minimum absolute atomic E-state index is 0.0491. The predicted molar refractivity (Wildman–Crippen MR) is 122 cm³/mol. The lowest BCUT2D eigenvalue weighted by Crippen LogP contribution is -2.33. The second kappa shape index (κ2) is 7.59. The van der Waals surface area contributed by atoms with Crippen LogP contribution in [-0.4, -0.2) is 23.9 Å². The highest BCUT2D eigenvalue weighted by atomic mass is 16.5. The minimum atomic E-state index is -0.420. The van der Waals surface area contributed by atoms with Crippen molar-refractivity contribution in [1.82, 2.24) is 0 Å². The molecular weight excluding hydrogens is 402 g/mol. The summed E-state index contributed by atoms with van der Waals surface area (Å²) in [5.41, 5.74) is 4.37. The summed E-state index contributed by atoms with van der Waals surface area (Å²) < 4.78 is 5.21. The van der Waals surface area contributed by atoms with E-state index in [2.05, 4.69) is 31.2 Å². The third-order valence-electron chi connectivity index (χ3n) is 6.76. The Kier molecular flexibility index (Phi) is 4.85. The molecule has 2 fully saturated rings. The first-order valence-corrected chi connectivity index (χ1v) is 11.0. The van der Waals surface area contributed by atoms with Crippen LogP contribution in [0.5, 0.6) is 0 Å². The van der Waals surface area contributed by atoms with E-state index in [-0.39, 0.29) is 41.6 Å². The van der Waals surface area contributed by atoms with Crippen molar-refractivity contribution in [1.29, 1.82) is 0 Å². The van der Waals surface area contributed by atoms with Gasteiger partial charge < -0.3 is 4.74 Å². The summed E-state index contributed by atoms with van der Waals surface area (Å²) in [4.78, 5) is 40.2. The van der Waals surface area contributed by atoms with Gasteiger partial charge in [0.25, 0.3) is 0 Å². The predicted octanol–water partition coefficient (Wildman–Crippen LogP) is 4.65. The summed E-state index contributed by atoms with van der Waals surface area (Å²) >= 11 is 0. The van der Waals surface area contributed by atoms with Crippen LogP contribution in [0, 0.1) is 23.7 Å². The van der Waals surface area contributed by atoms with Gasteiger partial charge in [0.05, 0.1) is 29.2 Å². The Hall–Kier alpha value is -3.47. The summed E-state index contributed by atoms with van der Waals surface area (Å²) in [7, 11) is 0. The summed E-state index contributed by atoms with van der Waals surface area (Å²) in [5.74, 6) is -1.57. The number of carbonyl (C=O) groups excluding carboxylic acids is 3. The van der Waals surface area contributed by atoms with E-state index in [0.29, 0.717) is 11.3 Å². The first kappa shape index (κ1) is 20.4. The average Bonchev–Trinajstić information content (AvgIpc) is 3.43. The fraction of sp³-hybridized carbons (Fsp3) is 0.296. The summed E-state index contributed by atoms with van der Waals surface area (Å²) in [6.45, 7) is 5.66. The van der Waals surface area contributed by atoms with E-state index in [1.165, 1.54) is 10.5 Å². The molecule has 2 amide bonds. The van der Waals surface area contributed by atoms with Crippen molar-refractivity contribution in [2.24, 2.45) is 23.7 Å². The third kappa shape index (κ3) is 3.03. The number of nitrogens with zero attached hydrogens (tertiary/aromatic N) is 1. The molecule has 1 saturated carbocycles. The van der Waals surface area contributed by atoms with E-state index in [4.69, 9.17) is 4.74 Å². The summed E-state index contributed by atoms with van der Waals surface area (Å²) in [5, 5.41) is 0. The molecule has 2 aromatic carbocycles. The monoisotopic (exact) mass is 427 g/mol. The van der Waals surface area contributed by atoms with Crippen molar-refractivity contribution in [2.45, 2.75) is 26.9 Å². The highest BCUT2D eigenvalue weighted by Crippen LogP contribution is 2.58. The van der Waals surface area contributed by atoms with Gasteiger partial charge in [0.15, 0.2) is 0 Å². The highest BCUT2D eigenvalue weighted by molar-refractivity contribution is 6.23. The molecule has 0 spiro atoms. The van der Waals surface area contributed by atoms with Crippen molar-refractivity contribution in [2.75, 3.05) is 4.90 Å². The fourth-order valence-electron chi connectivity index (χ4n) is 5.40. The number of esters is 1. The number of amides is 2. The van der Waals surface area contributed by atoms with Gasteiger partial charge in [0, 0.05) is 11.8 Å². The largest absolute Gasteiger partial charge is 0.459 e. The van der Waals surface area contributed by atoms with Gasteiger partial charge in [0.2, 0.25) is 11.8 Å². The van der Waals surface area contributed by atoms with Crippen molar-refractivity contribution >= 4 is 29.0 Å². The molecule has 162 valence electrons. The number of ether oxygens (including phenoxy) is 1. The molecule has 1 saturated heterocycles. The van der Waals surface area contributed by atoms with Crippen molar-refractivity contribution in [3.8, 4) is 0 Å². The number of anilines is 1. The number of rotatable bonds is 4. The van der Waals surface area contributed by atoms with E-state index >= 15 is 0 Å². The zero-order chi connectivity index (χ0) is 22.6. The first-order valence-electron chi connectivity index (χ1n) is 11.0. The number of imide groups is 1. The zero-order valence-corrected chi connectivity index (χ0v) is 18.3. The van der Waals surface area contributed by atoms with E-state index in [9.17, 15) is 14.4 Å². The Balaban J connectivity index is 1.43. The normalized spacial score (nSPS) is 27.3. The molecule has 2 aliphatic carbocycles. The standard InChI is InChI=1S/C27H25NO4/c1-15(2)32-27(31)18-9-11-19(12-10-18)28-25(29)23-20-13-14-21(24(23)26(28)30)22(20)16(3)17-7-5-4-6-8-17/h4-15,20-21,23-24H,1-3H3/t20-,21-,23-,24+/m1/s1. The Morgan fingerprint density at radius 3 is 1.94 bits per heavy atom. The van der Waals surface area contributed by atoms with Crippen LogP contribution >= 0.6 is 0 Å². The first-order chi connectivity index (χ1) is 15.4. The highest BCUT2D eigenvalue weighted by Gasteiger charge is 2.62. The quantitative estimate of drug-likeness (QED) is 0.405. The summed E-state index contributed by atoms with van der Waals surface area (Å²) in [6, 6.07) is 16.6. The van der Waals surface area contributed by atoms with Gasteiger partial charge in [-0.3, -0.25) is 9.59 Å². The lowest BCUT2D eigenvalue weighted by molar-refractivity contribution is -0.122. The van der Waals surface area contributed by atoms with Crippen molar-refractivity contribution in [3.05, 3.63) is 83.4 Å². The maximum absolute atomic E-state index is 13.4. The number of hydrogen-bond acceptors (Lipinski definition) is 4.